The van der Waals surface area contributed by atoms with Gasteiger partial charge in [0, 0.05) is 52.8 Å². The predicted molar refractivity (Wildman–Crippen MR) is 203 cm³/mol. The van der Waals surface area contributed by atoms with E-state index in [1.807, 2.05) is 24.3 Å². The molecule has 260 valence electrons. The van der Waals surface area contributed by atoms with Gasteiger partial charge in [0.15, 0.2) is 0 Å². The first-order chi connectivity index (χ1) is 25.2. The minimum absolute atomic E-state index is 0.0728. The van der Waals surface area contributed by atoms with Crippen molar-refractivity contribution in [1.29, 1.82) is 5.26 Å². The third-order valence-electron chi connectivity index (χ3n) is 8.16. The average molecular weight is 729 g/mol. The second-order valence-corrected chi connectivity index (χ2v) is 14.0. The maximum atomic E-state index is 13.5. The van der Waals surface area contributed by atoms with Crippen molar-refractivity contribution < 1.29 is 19.3 Å². The topological polar surface area (TPSA) is 157 Å². The van der Waals surface area contributed by atoms with E-state index < -0.39 is 16.7 Å². The second kappa shape index (κ2) is 16.8. The fourth-order valence-corrected chi connectivity index (χ4v) is 7.63. The van der Waals surface area contributed by atoms with Gasteiger partial charge < -0.3 is 16.0 Å². The molecule has 0 spiro atoms. The standard InChI is InChI=1S/C39H32N6O5S2/c40-22-33-32-18-19-44(23-27-8-3-1-4-9-27)24-35(32)52-39(33)43-36(46)25-51-31-13-7-12-29(21-31)41-38(48)34(42-37(47)28-10-5-2-6-11-28)20-26-14-16-30(17-15-26)45(49)50/h1-17,20-21H,18-19,23-25H2,(H,41,48)(H,42,47)(H,43,46)/b34-20+. The molecular formula is C39H32N6O5S2. The highest BCUT2D eigenvalue weighted by molar-refractivity contribution is 8.00. The Morgan fingerprint density at radius 2 is 1.67 bits per heavy atom. The van der Waals surface area contributed by atoms with Gasteiger partial charge in [0.1, 0.15) is 16.8 Å². The van der Waals surface area contributed by atoms with E-state index in [1.165, 1.54) is 59.0 Å². The number of nitrogens with one attached hydrogen (secondary N) is 3. The van der Waals surface area contributed by atoms with Crippen LogP contribution in [0, 0.1) is 21.4 Å². The number of thioether (sulfide) groups is 1. The molecule has 3 amide bonds. The van der Waals surface area contributed by atoms with Crippen LogP contribution < -0.4 is 16.0 Å². The summed E-state index contributed by atoms with van der Waals surface area (Å²) in [5.74, 6) is -1.30. The molecule has 13 heteroatoms. The molecule has 1 aliphatic rings. The van der Waals surface area contributed by atoms with Gasteiger partial charge in [0.2, 0.25) is 5.91 Å². The molecule has 0 saturated carbocycles. The number of nitro groups is 1. The Morgan fingerprint density at radius 1 is 0.942 bits per heavy atom. The number of non-ortho nitro benzene ring substituents is 1. The summed E-state index contributed by atoms with van der Waals surface area (Å²) in [6, 6.07) is 33.5. The Balaban J connectivity index is 1.09. The number of carbonyl (C=O) groups excluding carboxylic acids is 3. The number of fused-ring (bicyclic) bond motifs is 1. The van der Waals surface area contributed by atoms with Gasteiger partial charge in [-0.05, 0) is 71.7 Å². The van der Waals surface area contributed by atoms with E-state index >= 15 is 0 Å². The Bertz CT molecular complexity index is 2180. The van der Waals surface area contributed by atoms with Crippen molar-refractivity contribution in [1.82, 2.24) is 10.2 Å². The maximum Gasteiger partial charge on any atom is 0.272 e. The fourth-order valence-electron chi connectivity index (χ4n) is 5.61. The van der Waals surface area contributed by atoms with Crippen molar-refractivity contribution in [2.24, 2.45) is 0 Å². The number of benzene rings is 4. The number of anilines is 2. The summed E-state index contributed by atoms with van der Waals surface area (Å²) in [5.41, 5.74) is 3.82. The summed E-state index contributed by atoms with van der Waals surface area (Å²) < 4.78 is 0. The Labute approximate surface area is 308 Å². The number of nitrogens with zero attached hydrogens (tertiary/aromatic N) is 3. The van der Waals surface area contributed by atoms with Crippen LogP contribution in [-0.4, -0.2) is 39.8 Å². The van der Waals surface area contributed by atoms with Crippen LogP contribution in [0.4, 0.5) is 16.4 Å². The first-order valence-corrected chi connectivity index (χ1v) is 18.0. The second-order valence-electron chi connectivity index (χ2n) is 11.8. The minimum atomic E-state index is -0.615. The van der Waals surface area contributed by atoms with E-state index in [9.17, 15) is 29.8 Å². The molecule has 0 fully saturated rings. The summed E-state index contributed by atoms with van der Waals surface area (Å²) in [4.78, 5) is 54.3. The minimum Gasteiger partial charge on any atom is -0.321 e. The summed E-state index contributed by atoms with van der Waals surface area (Å²) in [6.45, 7) is 2.36. The largest absolute Gasteiger partial charge is 0.321 e. The van der Waals surface area contributed by atoms with Gasteiger partial charge in [-0.15, -0.1) is 23.1 Å². The number of nitriles is 1. The first-order valence-electron chi connectivity index (χ1n) is 16.2. The lowest BCUT2D eigenvalue weighted by molar-refractivity contribution is -0.384. The average Bonchev–Trinajstić information content (AvgIpc) is 3.50. The van der Waals surface area contributed by atoms with E-state index in [0.29, 0.717) is 38.8 Å². The Kier molecular flexibility index (Phi) is 11.5. The molecule has 0 aliphatic carbocycles. The highest BCUT2D eigenvalue weighted by Gasteiger charge is 2.25. The zero-order valence-electron chi connectivity index (χ0n) is 27.7. The molecule has 0 radical (unpaired) electrons. The molecule has 4 aromatic carbocycles. The molecule has 3 N–H and O–H groups in total. The van der Waals surface area contributed by atoms with Gasteiger partial charge in [-0.3, -0.25) is 29.4 Å². The highest BCUT2D eigenvalue weighted by Crippen LogP contribution is 2.37. The van der Waals surface area contributed by atoms with E-state index in [2.05, 4.69) is 39.1 Å². The molecule has 1 aliphatic heterocycles. The highest BCUT2D eigenvalue weighted by atomic mass is 32.2. The van der Waals surface area contributed by atoms with Crippen molar-refractivity contribution in [3.63, 3.8) is 0 Å². The summed E-state index contributed by atoms with van der Waals surface area (Å²) in [6.07, 6.45) is 2.17. The quantitative estimate of drug-likeness (QED) is 0.0526. The van der Waals surface area contributed by atoms with Crippen molar-refractivity contribution >= 4 is 63.3 Å². The fraction of sp³-hybridized carbons (Fsp3) is 0.128. The summed E-state index contributed by atoms with van der Waals surface area (Å²) in [7, 11) is 0. The van der Waals surface area contributed by atoms with Crippen LogP contribution in [-0.2, 0) is 29.1 Å². The smallest absolute Gasteiger partial charge is 0.272 e. The number of carbonyl (C=O) groups is 3. The van der Waals surface area contributed by atoms with Crippen LogP contribution in [0.1, 0.15) is 37.5 Å². The molecule has 11 nitrogen and oxygen atoms in total. The molecule has 0 bridgehead atoms. The molecule has 0 atom stereocenters. The van der Waals surface area contributed by atoms with Gasteiger partial charge in [-0.25, -0.2) is 0 Å². The number of thiophene rings is 1. The summed E-state index contributed by atoms with van der Waals surface area (Å²) >= 11 is 2.72. The van der Waals surface area contributed by atoms with E-state index in [1.54, 1.807) is 48.5 Å². The number of rotatable bonds is 12. The van der Waals surface area contributed by atoms with Crippen LogP contribution in [0.3, 0.4) is 0 Å². The zero-order valence-corrected chi connectivity index (χ0v) is 29.3. The van der Waals surface area contributed by atoms with Crippen LogP contribution in [0.2, 0.25) is 0 Å². The van der Waals surface area contributed by atoms with Crippen LogP contribution in [0.15, 0.2) is 120 Å². The molecule has 2 heterocycles. The number of nitro benzene ring substituents is 1. The van der Waals surface area contributed by atoms with Crippen molar-refractivity contribution in [3.05, 3.63) is 158 Å². The summed E-state index contributed by atoms with van der Waals surface area (Å²) in [5, 5.41) is 30.0. The maximum absolute atomic E-state index is 13.5. The molecular weight excluding hydrogens is 697 g/mol. The van der Waals surface area contributed by atoms with Gasteiger partial charge >= 0.3 is 0 Å². The van der Waals surface area contributed by atoms with Crippen LogP contribution in [0.5, 0.6) is 0 Å². The third-order valence-corrected chi connectivity index (χ3v) is 10.3. The first kappa shape index (κ1) is 35.7. The lowest BCUT2D eigenvalue weighted by atomic mass is 10.0. The Hall–Kier alpha value is -6.07. The number of hydrogen-bond acceptors (Lipinski definition) is 9. The van der Waals surface area contributed by atoms with Crippen LogP contribution >= 0.6 is 23.1 Å². The van der Waals surface area contributed by atoms with Crippen LogP contribution in [0.25, 0.3) is 6.08 Å². The lowest BCUT2D eigenvalue weighted by Crippen LogP contribution is -2.30. The van der Waals surface area contributed by atoms with Crippen molar-refractivity contribution in [3.8, 4) is 6.07 Å². The Morgan fingerprint density at radius 3 is 2.38 bits per heavy atom. The van der Waals surface area contributed by atoms with Gasteiger partial charge in [-0.2, -0.15) is 5.26 Å². The number of hydrogen-bond donors (Lipinski definition) is 3. The van der Waals surface area contributed by atoms with Crippen molar-refractivity contribution in [2.75, 3.05) is 22.9 Å². The molecule has 52 heavy (non-hydrogen) atoms. The van der Waals surface area contributed by atoms with Gasteiger partial charge in [-0.1, -0.05) is 54.6 Å². The molecule has 0 unspecified atom stereocenters. The van der Waals surface area contributed by atoms with Gasteiger partial charge in [0.05, 0.1) is 16.2 Å². The van der Waals surface area contributed by atoms with Gasteiger partial charge in [0.25, 0.3) is 17.5 Å². The van der Waals surface area contributed by atoms with E-state index in [-0.39, 0.29) is 23.0 Å². The van der Waals surface area contributed by atoms with Crippen molar-refractivity contribution in [2.45, 2.75) is 24.4 Å². The molecule has 0 saturated heterocycles. The number of amides is 3. The zero-order chi connectivity index (χ0) is 36.5. The lowest BCUT2D eigenvalue weighted by Gasteiger charge is -2.26. The van der Waals surface area contributed by atoms with E-state index in [4.69, 9.17) is 0 Å². The SMILES string of the molecule is N#Cc1c(NC(=O)CSc2cccc(NC(=O)/C(=C\c3ccc([N+](=O)[O-])cc3)NC(=O)c3ccccc3)c2)sc2c1CCN(Cc1ccccc1)C2. The molecule has 5 aromatic rings. The third kappa shape index (κ3) is 9.18. The normalized spacial score (nSPS) is 12.6. The molecule has 6 rings (SSSR count). The monoisotopic (exact) mass is 728 g/mol. The predicted octanol–water partition coefficient (Wildman–Crippen LogP) is 7.23. The molecule has 1 aromatic heterocycles. The van der Waals surface area contributed by atoms with E-state index in [0.717, 1.165) is 30.0 Å².